The summed E-state index contributed by atoms with van der Waals surface area (Å²) in [5.41, 5.74) is 2.59. The van der Waals surface area contributed by atoms with Gasteiger partial charge in [-0.1, -0.05) is 33.3 Å². The molecule has 20 heavy (non-hydrogen) atoms. The molecule has 0 amide bonds. The van der Waals surface area contributed by atoms with E-state index in [4.69, 9.17) is 0 Å². The van der Waals surface area contributed by atoms with Crippen molar-refractivity contribution in [3.63, 3.8) is 0 Å². The van der Waals surface area contributed by atoms with Gasteiger partial charge in [0.2, 0.25) is 0 Å². The van der Waals surface area contributed by atoms with Crippen molar-refractivity contribution in [3.8, 4) is 0 Å². The molecule has 0 nitrogen and oxygen atoms in total. The quantitative estimate of drug-likeness (QED) is 0.515. The normalized spacial score (nSPS) is 61.0. The van der Waals surface area contributed by atoms with E-state index in [9.17, 15) is 0 Å². The van der Waals surface area contributed by atoms with Crippen molar-refractivity contribution in [2.24, 2.45) is 33.5 Å². The molecule has 0 aromatic heterocycles. The first kappa shape index (κ1) is 13.4. The third kappa shape index (κ3) is 1.44. The second kappa shape index (κ2) is 3.73. The van der Waals surface area contributed by atoms with Crippen LogP contribution in [0.2, 0.25) is 0 Å². The largest absolute Gasteiger partial charge is 0.103 e. The zero-order valence-corrected chi connectivity index (χ0v) is 13.8. The van der Waals surface area contributed by atoms with Gasteiger partial charge in [0, 0.05) is 0 Å². The molecule has 0 heterocycles. The molecule has 0 aromatic carbocycles. The molecule has 0 N–H and O–H groups in total. The van der Waals surface area contributed by atoms with Crippen LogP contribution in [0.1, 0.15) is 78.6 Å². The lowest BCUT2D eigenvalue weighted by molar-refractivity contribution is -0.0968. The molecule has 0 aromatic rings. The van der Waals surface area contributed by atoms with Crippen LogP contribution in [0.3, 0.4) is 0 Å². The van der Waals surface area contributed by atoms with Crippen LogP contribution >= 0.6 is 0 Å². The van der Waals surface area contributed by atoms with Gasteiger partial charge in [0.05, 0.1) is 0 Å². The fraction of sp³-hybridized carbons (Fsp3) is 0.900. The van der Waals surface area contributed by atoms with E-state index >= 15 is 0 Å². The Labute approximate surface area is 125 Å². The summed E-state index contributed by atoms with van der Waals surface area (Å²) < 4.78 is 0. The van der Waals surface area contributed by atoms with Crippen LogP contribution in [0, 0.1) is 33.5 Å². The summed E-state index contributed by atoms with van der Waals surface area (Å²) in [6.45, 7) is 11.9. The van der Waals surface area contributed by atoms with Gasteiger partial charge in [-0.3, -0.25) is 0 Å². The molecular formula is C20H32. The molecular weight excluding hydrogens is 240 g/mol. The maximum absolute atomic E-state index is 4.13. The van der Waals surface area contributed by atoms with Gasteiger partial charge >= 0.3 is 0 Å². The third-order valence-corrected chi connectivity index (χ3v) is 8.78. The van der Waals surface area contributed by atoms with Gasteiger partial charge in [-0.15, -0.1) is 6.58 Å². The standard InChI is InChI=1S/C20H32/c1-5-17(2)11-12-19(4)15(13-17)8-10-20-14-18(20,3)9-6-7-16(19)20/h5,15-16H,1,6-14H2,2-4H3/t15-,16-,17+,18+,19+,20+/m1/s1. The van der Waals surface area contributed by atoms with Crippen LogP contribution in [0.4, 0.5) is 0 Å². The Hall–Kier alpha value is -0.260. The molecule has 4 aliphatic carbocycles. The topological polar surface area (TPSA) is 0 Å². The first-order chi connectivity index (χ1) is 9.38. The molecule has 0 radical (unpaired) electrons. The highest BCUT2D eigenvalue weighted by Crippen LogP contribution is 2.81. The molecule has 6 atom stereocenters. The minimum absolute atomic E-state index is 0.427. The van der Waals surface area contributed by atoms with Crippen LogP contribution in [0.5, 0.6) is 0 Å². The van der Waals surface area contributed by atoms with Crippen LogP contribution in [-0.4, -0.2) is 0 Å². The fourth-order valence-electron chi connectivity index (χ4n) is 7.20. The van der Waals surface area contributed by atoms with Gasteiger partial charge in [-0.25, -0.2) is 0 Å². The van der Waals surface area contributed by atoms with Gasteiger partial charge in [-0.2, -0.15) is 0 Å². The Morgan fingerprint density at radius 3 is 2.55 bits per heavy atom. The highest BCUT2D eigenvalue weighted by Gasteiger charge is 2.73. The molecule has 4 saturated carbocycles. The summed E-state index contributed by atoms with van der Waals surface area (Å²) in [5, 5.41) is 0. The molecule has 0 aliphatic heterocycles. The van der Waals surface area contributed by atoms with E-state index < -0.39 is 0 Å². The van der Waals surface area contributed by atoms with Gasteiger partial charge in [0.1, 0.15) is 0 Å². The molecule has 4 fully saturated rings. The first-order valence-corrected chi connectivity index (χ1v) is 9.01. The molecule has 4 rings (SSSR count). The van der Waals surface area contributed by atoms with E-state index in [1.165, 1.54) is 44.9 Å². The van der Waals surface area contributed by atoms with E-state index in [2.05, 4.69) is 33.4 Å². The molecule has 0 bridgehead atoms. The van der Waals surface area contributed by atoms with E-state index in [-0.39, 0.29) is 0 Å². The van der Waals surface area contributed by atoms with Crippen molar-refractivity contribution >= 4 is 0 Å². The van der Waals surface area contributed by atoms with Crippen LogP contribution in [0.15, 0.2) is 12.7 Å². The Morgan fingerprint density at radius 1 is 1.00 bits per heavy atom. The molecule has 0 heteroatoms. The van der Waals surface area contributed by atoms with Gasteiger partial charge in [-0.05, 0) is 84.9 Å². The molecule has 0 saturated heterocycles. The Morgan fingerprint density at radius 2 is 1.80 bits per heavy atom. The van der Waals surface area contributed by atoms with Crippen LogP contribution in [0.25, 0.3) is 0 Å². The minimum atomic E-state index is 0.427. The Kier molecular flexibility index (Phi) is 2.50. The summed E-state index contributed by atoms with van der Waals surface area (Å²) in [7, 11) is 0. The minimum Gasteiger partial charge on any atom is -0.103 e. The van der Waals surface area contributed by atoms with Gasteiger partial charge < -0.3 is 0 Å². The summed E-state index contributed by atoms with van der Waals surface area (Å²) in [4.78, 5) is 0. The zero-order chi connectivity index (χ0) is 14.2. The summed E-state index contributed by atoms with van der Waals surface area (Å²) in [6.07, 6.45) is 15.7. The maximum atomic E-state index is 4.13. The van der Waals surface area contributed by atoms with Crippen molar-refractivity contribution in [1.82, 2.24) is 0 Å². The SMILES string of the molecule is C=C[C@@]1(C)CC[C@@]2(C)[C@H](CC[C@@]34C[C@]3(C)CCC[C@H]24)C1. The van der Waals surface area contributed by atoms with Crippen LogP contribution < -0.4 is 0 Å². The smallest absolute Gasteiger partial charge is 0.0146 e. The maximum Gasteiger partial charge on any atom is -0.0146 e. The Balaban J connectivity index is 1.66. The highest BCUT2D eigenvalue weighted by molar-refractivity contribution is 5.22. The predicted molar refractivity (Wildman–Crippen MR) is 85.5 cm³/mol. The zero-order valence-electron chi connectivity index (χ0n) is 13.8. The number of rotatable bonds is 1. The number of fused-ring (bicyclic) bond motifs is 2. The predicted octanol–water partition coefficient (Wildman–Crippen LogP) is 5.98. The van der Waals surface area contributed by atoms with E-state index in [1.807, 2.05) is 0 Å². The average Bonchev–Trinajstić information content (AvgIpc) is 3.05. The van der Waals surface area contributed by atoms with Crippen molar-refractivity contribution in [3.05, 3.63) is 12.7 Å². The number of hydrogen-bond acceptors (Lipinski definition) is 0. The summed E-state index contributed by atoms with van der Waals surface area (Å²) >= 11 is 0. The average molecular weight is 272 g/mol. The highest BCUT2D eigenvalue weighted by atomic mass is 14.8. The lowest BCUT2D eigenvalue weighted by Crippen LogP contribution is -2.51. The second-order valence-electron chi connectivity index (χ2n) is 9.64. The van der Waals surface area contributed by atoms with Gasteiger partial charge in [0.25, 0.3) is 0 Å². The van der Waals surface area contributed by atoms with Crippen molar-refractivity contribution < 1.29 is 0 Å². The number of allylic oxidation sites excluding steroid dienone is 1. The van der Waals surface area contributed by atoms with Crippen LogP contribution in [-0.2, 0) is 0 Å². The van der Waals surface area contributed by atoms with E-state index in [0.717, 1.165) is 22.7 Å². The molecule has 1 spiro atoms. The summed E-state index contributed by atoms with van der Waals surface area (Å²) in [6, 6.07) is 0. The van der Waals surface area contributed by atoms with Crippen molar-refractivity contribution in [2.75, 3.05) is 0 Å². The monoisotopic (exact) mass is 272 g/mol. The lowest BCUT2D eigenvalue weighted by Gasteiger charge is -2.60. The Bertz CT molecular complexity index is 451. The first-order valence-electron chi connectivity index (χ1n) is 9.01. The van der Waals surface area contributed by atoms with Crippen molar-refractivity contribution in [1.29, 1.82) is 0 Å². The van der Waals surface area contributed by atoms with Crippen molar-refractivity contribution in [2.45, 2.75) is 78.6 Å². The number of hydrogen-bond donors (Lipinski definition) is 0. The fourth-order valence-corrected chi connectivity index (χ4v) is 7.20. The molecule has 112 valence electrons. The van der Waals surface area contributed by atoms with Gasteiger partial charge in [0.15, 0.2) is 0 Å². The lowest BCUT2D eigenvalue weighted by atomic mass is 9.45. The third-order valence-electron chi connectivity index (χ3n) is 8.78. The molecule has 4 aliphatic rings. The van der Waals surface area contributed by atoms with E-state index in [1.54, 1.807) is 12.8 Å². The molecule has 0 unspecified atom stereocenters. The van der Waals surface area contributed by atoms with E-state index in [0.29, 0.717) is 10.8 Å². The second-order valence-corrected chi connectivity index (χ2v) is 9.64. The summed E-state index contributed by atoms with van der Waals surface area (Å²) in [5.74, 6) is 2.01.